The van der Waals surface area contributed by atoms with Gasteiger partial charge in [-0.3, -0.25) is 9.69 Å². The number of rotatable bonds is 6. The number of aliphatic hydroxyl groups is 1. The van der Waals surface area contributed by atoms with Crippen molar-refractivity contribution in [2.24, 2.45) is 5.73 Å². The van der Waals surface area contributed by atoms with Crippen LogP contribution in [0.15, 0.2) is 54.6 Å². The molecule has 4 N–H and O–H groups in total. The molecule has 132 valence electrons. The molecule has 1 fully saturated rings. The van der Waals surface area contributed by atoms with Crippen molar-refractivity contribution in [3.05, 3.63) is 65.7 Å². The molecule has 1 saturated heterocycles. The summed E-state index contributed by atoms with van der Waals surface area (Å²) < 4.78 is 0. The summed E-state index contributed by atoms with van der Waals surface area (Å²) in [5, 5.41) is 12.9. The van der Waals surface area contributed by atoms with Gasteiger partial charge in [0.05, 0.1) is 6.10 Å². The van der Waals surface area contributed by atoms with Crippen LogP contribution in [0.5, 0.6) is 0 Å². The predicted molar refractivity (Wildman–Crippen MR) is 99.0 cm³/mol. The maximum absolute atomic E-state index is 11.9. The molecular formula is C20H25N3O2. The van der Waals surface area contributed by atoms with E-state index < -0.39 is 11.9 Å². The topological polar surface area (TPSA) is 78.6 Å². The molecule has 5 nitrogen and oxygen atoms in total. The van der Waals surface area contributed by atoms with Gasteiger partial charge in [-0.25, -0.2) is 0 Å². The highest BCUT2D eigenvalue weighted by Gasteiger charge is 2.19. The molecule has 5 heteroatoms. The average Bonchev–Trinajstić information content (AvgIpc) is 2.62. The number of nitrogens with zero attached hydrogens (tertiary/aromatic N) is 1. The highest BCUT2D eigenvalue weighted by molar-refractivity contribution is 5.84. The lowest BCUT2D eigenvalue weighted by atomic mass is 10.0. The minimum Gasteiger partial charge on any atom is -0.393 e. The number of piperidine rings is 1. The summed E-state index contributed by atoms with van der Waals surface area (Å²) in [6.45, 7) is 2.66. The van der Waals surface area contributed by atoms with Crippen LogP contribution in [0.2, 0.25) is 0 Å². The number of hydrogen-bond donors (Lipinski definition) is 3. The van der Waals surface area contributed by atoms with E-state index in [2.05, 4.69) is 22.3 Å². The second-order valence-electron chi connectivity index (χ2n) is 6.60. The third kappa shape index (κ3) is 4.81. The first-order valence-electron chi connectivity index (χ1n) is 8.72. The van der Waals surface area contributed by atoms with E-state index in [4.69, 9.17) is 5.73 Å². The van der Waals surface area contributed by atoms with E-state index in [-0.39, 0.29) is 6.10 Å². The van der Waals surface area contributed by atoms with Crippen molar-refractivity contribution in [3.63, 3.8) is 0 Å². The van der Waals surface area contributed by atoms with E-state index in [0.29, 0.717) is 0 Å². The van der Waals surface area contributed by atoms with Crippen LogP contribution in [-0.4, -0.2) is 35.1 Å². The van der Waals surface area contributed by atoms with Gasteiger partial charge in [0.1, 0.15) is 6.04 Å². The highest BCUT2D eigenvalue weighted by Crippen LogP contribution is 2.21. The first-order valence-corrected chi connectivity index (χ1v) is 8.72. The molecule has 3 rings (SSSR count). The minimum atomic E-state index is -0.554. The van der Waals surface area contributed by atoms with E-state index in [9.17, 15) is 9.90 Å². The number of aliphatic hydroxyl groups excluding tert-OH is 1. The van der Waals surface area contributed by atoms with Crippen LogP contribution in [0.1, 0.15) is 30.0 Å². The van der Waals surface area contributed by atoms with Gasteiger partial charge in [0.15, 0.2) is 0 Å². The largest absolute Gasteiger partial charge is 0.393 e. The molecular weight excluding hydrogens is 314 g/mol. The van der Waals surface area contributed by atoms with E-state index in [1.165, 1.54) is 5.56 Å². The molecule has 0 saturated carbocycles. The Bertz CT molecular complexity index is 697. The lowest BCUT2D eigenvalue weighted by Crippen LogP contribution is -2.35. The maximum atomic E-state index is 11.9. The number of primary amides is 1. The average molecular weight is 339 g/mol. The third-order valence-corrected chi connectivity index (χ3v) is 4.62. The molecule has 1 amide bonds. The standard InChI is InChI=1S/C20H25N3O2/c21-20(25)19(16-6-2-1-3-7-16)22-17-8-4-5-15(13-17)14-23-11-9-18(24)10-12-23/h1-8,13,18-19,22,24H,9-12,14H2,(H2,21,25). The Morgan fingerprint density at radius 1 is 1.16 bits per heavy atom. The number of amides is 1. The van der Waals surface area contributed by atoms with Gasteiger partial charge < -0.3 is 16.2 Å². The predicted octanol–water partition coefficient (Wildman–Crippen LogP) is 2.28. The number of likely N-dealkylation sites (tertiary alicyclic amines) is 1. The van der Waals surface area contributed by atoms with Crippen molar-refractivity contribution in [1.29, 1.82) is 0 Å². The van der Waals surface area contributed by atoms with Gasteiger partial charge in [-0.05, 0) is 36.1 Å². The number of nitrogens with one attached hydrogen (secondary N) is 1. The van der Waals surface area contributed by atoms with Gasteiger partial charge in [-0.1, -0.05) is 42.5 Å². The molecule has 1 atom stereocenters. The summed E-state index contributed by atoms with van der Waals surface area (Å²) in [6.07, 6.45) is 1.50. The Morgan fingerprint density at radius 3 is 2.56 bits per heavy atom. The third-order valence-electron chi connectivity index (χ3n) is 4.62. The van der Waals surface area contributed by atoms with Crippen LogP contribution in [-0.2, 0) is 11.3 Å². The summed E-state index contributed by atoms with van der Waals surface area (Å²) in [4.78, 5) is 14.2. The highest BCUT2D eigenvalue weighted by atomic mass is 16.3. The van der Waals surface area contributed by atoms with E-state index in [0.717, 1.165) is 43.7 Å². The van der Waals surface area contributed by atoms with E-state index in [1.807, 2.05) is 42.5 Å². The van der Waals surface area contributed by atoms with Crippen molar-refractivity contribution in [2.75, 3.05) is 18.4 Å². The molecule has 1 aliphatic rings. The first kappa shape index (κ1) is 17.5. The van der Waals surface area contributed by atoms with E-state index >= 15 is 0 Å². The summed E-state index contributed by atoms with van der Waals surface area (Å²) in [5.41, 5.74) is 8.49. The quantitative estimate of drug-likeness (QED) is 0.754. The molecule has 0 bridgehead atoms. The molecule has 1 unspecified atom stereocenters. The number of hydrogen-bond acceptors (Lipinski definition) is 4. The van der Waals surface area contributed by atoms with Crippen LogP contribution in [0.25, 0.3) is 0 Å². The van der Waals surface area contributed by atoms with Gasteiger partial charge in [0.2, 0.25) is 5.91 Å². The Kier molecular flexibility index (Phi) is 5.68. The fourth-order valence-corrected chi connectivity index (χ4v) is 3.23. The summed E-state index contributed by atoms with van der Waals surface area (Å²) in [6, 6.07) is 17.0. The monoisotopic (exact) mass is 339 g/mol. The van der Waals surface area contributed by atoms with Crippen molar-refractivity contribution in [3.8, 4) is 0 Å². The van der Waals surface area contributed by atoms with Crippen LogP contribution in [0.4, 0.5) is 5.69 Å². The summed E-state index contributed by atoms with van der Waals surface area (Å²) >= 11 is 0. The molecule has 1 heterocycles. The Balaban J connectivity index is 1.69. The molecule has 1 aliphatic heterocycles. The molecule has 0 radical (unpaired) electrons. The van der Waals surface area contributed by atoms with Crippen LogP contribution >= 0.6 is 0 Å². The van der Waals surface area contributed by atoms with Crippen LogP contribution in [0, 0.1) is 0 Å². The Hall–Kier alpha value is -2.37. The van der Waals surface area contributed by atoms with Crippen LogP contribution in [0.3, 0.4) is 0 Å². The number of benzene rings is 2. The van der Waals surface area contributed by atoms with Gasteiger partial charge in [0.25, 0.3) is 0 Å². The normalized spacial score (nSPS) is 17.2. The fraction of sp³-hybridized carbons (Fsp3) is 0.350. The number of carbonyl (C=O) groups excluding carboxylic acids is 1. The van der Waals surface area contributed by atoms with E-state index in [1.54, 1.807) is 0 Å². The molecule has 0 aromatic heterocycles. The van der Waals surface area contributed by atoms with Crippen LogP contribution < -0.4 is 11.1 Å². The minimum absolute atomic E-state index is 0.161. The smallest absolute Gasteiger partial charge is 0.244 e. The van der Waals surface area contributed by atoms with Gasteiger partial charge >= 0.3 is 0 Å². The Morgan fingerprint density at radius 2 is 1.88 bits per heavy atom. The van der Waals surface area contributed by atoms with Gasteiger partial charge in [-0.2, -0.15) is 0 Å². The second kappa shape index (κ2) is 8.14. The second-order valence-corrected chi connectivity index (χ2v) is 6.60. The molecule has 25 heavy (non-hydrogen) atoms. The van der Waals surface area contributed by atoms with Crippen molar-refractivity contribution in [2.45, 2.75) is 31.5 Å². The van der Waals surface area contributed by atoms with Gasteiger partial charge in [-0.15, -0.1) is 0 Å². The van der Waals surface area contributed by atoms with Crippen molar-refractivity contribution >= 4 is 11.6 Å². The lowest BCUT2D eigenvalue weighted by Gasteiger charge is -2.29. The lowest BCUT2D eigenvalue weighted by molar-refractivity contribution is -0.118. The molecule has 0 spiro atoms. The Labute approximate surface area is 148 Å². The van der Waals surface area contributed by atoms with Gasteiger partial charge in [0, 0.05) is 25.3 Å². The molecule has 0 aliphatic carbocycles. The number of carbonyl (C=O) groups is 1. The first-order chi connectivity index (χ1) is 12.1. The maximum Gasteiger partial charge on any atom is 0.244 e. The SMILES string of the molecule is NC(=O)C(Nc1cccc(CN2CCC(O)CC2)c1)c1ccccc1. The zero-order valence-electron chi connectivity index (χ0n) is 14.3. The summed E-state index contributed by atoms with van der Waals surface area (Å²) in [5.74, 6) is -0.401. The van der Waals surface area contributed by atoms with Crippen molar-refractivity contribution < 1.29 is 9.90 Å². The zero-order chi connectivity index (χ0) is 17.6. The zero-order valence-corrected chi connectivity index (χ0v) is 14.3. The molecule has 2 aromatic rings. The number of anilines is 1. The molecule has 2 aromatic carbocycles. The van der Waals surface area contributed by atoms with Crippen molar-refractivity contribution in [1.82, 2.24) is 4.90 Å². The fourth-order valence-electron chi connectivity index (χ4n) is 3.23. The summed E-state index contributed by atoms with van der Waals surface area (Å²) in [7, 11) is 0. The number of nitrogens with two attached hydrogens (primary N) is 1.